The highest BCUT2D eigenvalue weighted by Crippen LogP contribution is 2.33. The normalized spacial score (nSPS) is 11.0. The molecule has 0 spiro atoms. The molecular formula is C23H15ClN4O2S2. The van der Waals surface area contributed by atoms with Crippen molar-refractivity contribution in [2.24, 2.45) is 0 Å². The molecule has 158 valence electrons. The number of fused-ring (bicyclic) bond motifs is 1. The van der Waals surface area contributed by atoms with Gasteiger partial charge in [0.25, 0.3) is 11.5 Å². The summed E-state index contributed by atoms with van der Waals surface area (Å²) in [6.07, 6.45) is 0. The van der Waals surface area contributed by atoms with Gasteiger partial charge in [-0.3, -0.25) is 14.9 Å². The van der Waals surface area contributed by atoms with Crippen LogP contribution in [-0.2, 0) is 6.54 Å². The van der Waals surface area contributed by atoms with Crippen molar-refractivity contribution in [3.05, 3.63) is 98.1 Å². The molecule has 5 aromatic rings. The minimum Gasteiger partial charge on any atom is -0.296 e. The number of thiophene rings is 1. The third-order valence-corrected chi connectivity index (χ3v) is 6.82. The van der Waals surface area contributed by atoms with Crippen LogP contribution in [0.25, 0.3) is 21.3 Å². The van der Waals surface area contributed by atoms with Crippen LogP contribution in [0.5, 0.6) is 0 Å². The number of rotatable bonds is 5. The number of amides is 1. The third-order valence-electron chi connectivity index (χ3n) is 4.81. The summed E-state index contributed by atoms with van der Waals surface area (Å²) in [5.41, 5.74) is 1.59. The van der Waals surface area contributed by atoms with E-state index >= 15 is 0 Å². The van der Waals surface area contributed by atoms with Crippen molar-refractivity contribution in [1.82, 2.24) is 14.8 Å². The van der Waals surface area contributed by atoms with Gasteiger partial charge in [-0.25, -0.2) is 9.67 Å². The topological polar surface area (TPSA) is 76.9 Å². The van der Waals surface area contributed by atoms with Crippen LogP contribution >= 0.6 is 34.3 Å². The quantitative estimate of drug-likeness (QED) is 0.360. The Morgan fingerprint density at radius 3 is 2.50 bits per heavy atom. The molecule has 0 saturated heterocycles. The van der Waals surface area contributed by atoms with E-state index in [1.807, 2.05) is 47.8 Å². The number of hydrogen-bond donors (Lipinski definition) is 1. The Morgan fingerprint density at radius 2 is 1.75 bits per heavy atom. The van der Waals surface area contributed by atoms with Gasteiger partial charge in [0.05, 0.1) is 26.8 Å². The van der Waals surface area contributed by atoms with Crippen molar-refractivity contribution >= 4 is 56.1 Å². The Morgan fingerprint density at radius 1 is 1.00 bits per heavy atom. The van der Waals surface area contributed by atoms with Crippen LogP contribution < -0.4 is 10.9 Å². The number of nitrogens with one attached hydrogen (secondary N) is 1. The first-order chi connectivity index (χ1) is 15.6. The highest BCUT2D eigenvalue weighted by atomic mass is 35.5. The average Bonchev–Trinajstić information content (AvgIpc) is 3.45. The number of aromatic nitrogens is 3. The average molecular weight is 479 g/mol. The number of nitrogens with zero attached hydrogens (tertiary/aromatic N) is 3. The fourth-order valence-electron chi connectivity index (χ4n) is 3.32. The molecule has 3 aromatic heterocycles. The van der Waals surface area contributed by atoms with Crippen LogP contribution in [0.15, 0.2) is 76.9 Å². The minimum absolute atomic E-state index is 0.173. The maximum absolute atomic E-state index is 13.2. The second-order valence-corrected chi connectivity index (χ2v) is 9.51. The lowest BCUT2D eigenvalue weighted by Crippen LogP contribution is -2.28. The fraction of sp³-hybridized carbons (Fsp3) is 0.0435. The zero-order chi connectivity index (χ0) is 22.1. The first-order valence-electron chi connectivity index (χ1n) is 9.65. The van der Waals surface area contributed by atoms with Crippen LogP contribution in [0.3, 0.4) is 0 Å². The SMILES string of the molecule is O=C(Nc1nc(-c2ccc(Cl)s2)cs1)c1nn(Cc2ccccc2)c(=O)c2ccccc12. The first-order valence-corrected chi connectivity index (χ1v) is 11.7. The molecule has 32 heavy (non-hydrogen) atoms. The molecule has 5 rings (SSSR count). The maximum Gasteiger partial charge on any atom is 0.278 e. The van der Waals surface area contributed by atoms with Crippen molar-refractivity contribution < 1.29 is 4.79 Å². The predicted molar refractivity (Wildman–Crippen MR) is 130 cm³/mol. The maximum atomic E-state index is 13.2. The fourth-order valence-corrected chi connectivity index (χ4v) is 5.10. The number of halogens is 1. The Kier molecular flexibility index (Phi) is 5.57. The lowest BCUT2D eigenvalue weighted by Gasteiger charge is -2.10. The number of hydrogen-bond acceptors (Lipinski definition) is 6. The summed E-state index contributed by atoms with van der Waals surface area (Å²) in [5, 5.41) is 10.5. The number of carbonyl (C=O) groups excluding carboxylic acids is 1. The second-order valence-electron chi connectivity index (χ2n) is 6.94. The smallest absolute Gasteiger partial charge is 0.278 e. The summed E-state index contributed by atoms with van der Waals surface area (Å²) in [4.78, 5) is 31.5. The molecule has 1 amide bonds. The Balaban J connectivity index is 1.50. The Bertz CT molecular complexity index is 1490. The van der Waals surface area contributed by atoms with E-state index in [-0.39, 0.29) is 17.8 Å². The highest BCUT2D eigenvalue weighted by molar-refractivity contribution is 7.20. The molecule has 2 aromatic carbocycles. The van der Waals surface area contributed by atoms with Gasteiger partial charge >= 0.3 is 0 Å². The van der Waals surface area contributed by atoms with Gasteiger partial charge in [0.1, 0.15) is 0 Å². The molecule has 0 aliphatic heterocycles. The van der Waals surface area contributed by atoms with Gasteiger partial charge in [-0.05, 0) is 23.8 Å². The summed E-state index contributed by atoms with van der Waals surface area (Å²) in [7, 11) is 0. The van der Waals surface area contributed by atoms with E-state index in [1.165, 1.54) is 27.4 Å². The van der Waals surface area contributed by atoms with Gasteiger partial charge in [0, 0.05) is 10.8 Å². The van der Waals surface area contributed by atoms with Gasteiger partial charge in [-0.2, -0.15) is 5.10 Å². The van der Waals surface area contributed by atoms with Crippen LogP contribution in [0.4, 0.5) is 5.13 Å². The van der Waals surface area contributed by atoms with Gasteiger partial charge < -0.3 is 0 Å². The van der Waals surface area contributed by atoms with Gasteiger partial charge in [-0.15, -0.1) is 22.7 Å². The molecule has 0 radical (unpaired) electrons. The van der Waals surface area contributed by atoms with E-state index in [9.17, 15) is 9.59 Å². The first kappa shape index (κ1) is 20.6. The highest BCUT2D eigenvalue weighted by Gasteiger charge is 2.18. The third kappa shape index (κ3) is 4.08. The van der Waals surface area contributed by atoms with Gasteiger partial charge in [0.2, 0.25) is 0 Å². The largest absolute Gasteiger partial charge is 0.296 e. The molecule has 3 heterocycles. The van der Waals surface area contributed by atoms with Crippen LogP contribution in [0.1, 0.15) is 16.1 Å². The molecule has 6 nitrogen and oxygen atoms in total. The number of benzene rings is 2. The van der Waals surface area contributed by atoms with Crippen molar-refractivity contribution in [3.63, 3.8) is 0 Å². The van der Waals surface area contributed by atoms with E-state index in [4.69, 9.17) is 11.6 Å². The number of thiazole rings is 1. The number of anilines is 1. The molecule has 0 fully saturated rings. The summed E-state index contributed by atoms with van der Waals surface area (Å²) in [6.45, 7) is 0.269. The van der Waals surface area contributed by atoms with E-state index in [0.29, 0.717) is 20.2 Å². The zero-order valence-electron chi connectivity index (χ0n) is 16.5. The standard InChI is InChI=1S/C23H15ClN4O2S2/c24-19-11-10-18(32-19)17-13-31-23(25-17)26-21(29)20-15-8-4-5-9-16(15)22(30)28(27-20)12-14-6-2-1-3-7-14/h1-11,13H,12H2,(H,25,26,29). The second kappa shape index (κ2) is 8.66. The minimum atomic E-state index is -0.423. The molecule has 0 bridgehead atoms. The van der Waals surface area contributed by atoms with E-state index < -0.39 is 5.91 Å². The molecular weight excluding hydrogens is 464 g/mol. The molecule has 0 aliphatic carbocycles. The predicted octanol–water partition coefficient (Wildman–Crippen LogP) is 5.54. The Labute approximate surface area is 195 Å². The molecule has 9 heteroatoms. The number of carbonyl (C=O) groups is 1. The van der Waals surface area contributed by atoms with E-state index in [1.54, 1.807) is 24.3 Å². The van der Waals surface area contributed by atoms with Crippen molar-refractivity contribution in [3.8, 4) is 10.6 Å². The van der Waals surface area contributed by atoms with Gasteiger partial charge in [0.15, 0.2) is 10.8 Å². The summed E-state index contributed by atoms with van der Waals surface area (Å²) >= 11 is 8.75. The molecule has 0 saturated carbocycles. The Hall–Kier alpha value is -3.33. The summed E-state index contributed by atoms with van der Waals surface area (Å²) in [6, 6.07) is 20.2. The lowest BCUT2D eigenvalue weighted by atomic mass is 10.1. The van der Waals surface area contributed by atoms with E-state index in [0.717, 1.165) is 16.1 Å². The summed E-state index contributed by atoms with van der Waals surface area (Å²) in [5.74, 6) is -0.423. The molecule has 0 aliphatic rings. The van der Waals surface area contributed by atoms with Crippen LogP contribution in [0, 0.1) is 0 Å². The van der Waals surface area contributed by atoms with Crippen molar-refractivity contribution in [1.29, 1.82) is 0 Å². The van der Waals surface area contributed by atoms with Gasteiger partial charge in [-0.1, -0.05) is 60.1 Å². The summed E-state index contributed by atoms with van der Waals surface area (Å²) < 4.78 is 2.00. The van der Waals surface area contributed by atoms with Crippen molar-refractivity contribution in [2.75, 3.05) is 5.32 Å². The van der Waals surface area contributed by atoms with Crippen LogP contribution in [0.2, 0.25) is 4.34 Å². The monoisotopic (exact) mass is 478 g/mol. The molecule has 0 unspecified atom stereocenters. The lowest BCUT2D eigenvalue weighted by molar-refractivity contribution is 0.102. The molecule has 1 N–H and O–H groups in total. The zero-order valence-corrected chi connectivity index (χ0v) is 18.9. The molecule has 0 atom stereocenters. The van der Waals surface area contributed by atoms with E-state index in [2.05, 4.69) is 15.4 Å². The van der Waals surface area contributed by atoms with Crippen molar-refractivity contribution in [2.45, 2.75) is 6.54 Å². The van der Waals surface area contributed by atoms with Crippen LogP contribution in [-0.4, -0.2) is 20.7 Å².